The molecule has 2 aromatic rings. The van der Waals surface area contributed by atoms with Crippen molar-refractivity contribution in [2.24, 2.45) is 0 Å². The number of carbonyl (C=O) groups is 1. The molecule has 0 saturated heterocycles. The van der Waals surface area contributed by atoms with Crippen molar-refractivity contribution in [1.82, 2.24) is 14.8 Å². The van der Waals surface area contributed by atoms with Gasteiger partial charge in [0.25, 0.3) is 0 Å². The van der Waals surface area contributed by atoms with Gasteiger partial charge in [0, 0.05) is 6.54 Å². The molecule has 7 heteroatoms. The number of carboxylic acids is 1. The van der Waals surface area contributed by atoms with Gasteiger partial charge in [-0.05, 0) is 24.6 Å². The van der Waals surface area contributed by atoms with Gasteiger partial charge in [-0.15, -0.1) is 0 Å². The Kier molecular flexibility index (Phi) is 4.76. The van der Waals surface area contributed by atoms with Crippen LogP contribution in [-0.4, -0.2) is 33.0 Å². The average Bonchev–Trinajstić information content (AvgIpc) is 2.92. The lowest BCUT2D eigenvalue weighted by Gasteiger charge is -2.10. The Balaban J connectivity index is 2.15. The highest BCUT2D eigenvalue weighted by atomic mass is 16.5. The topological polar surface area (TPSA) is 86.5 Å². The van der Waals surface area contributed by atoms with Crippen molar-refractivity contribution >= 4 is 5.97 Å². The molecule has 0 atom stereocenters. The van der Waals surface area contributed by atoms with Gasteiger partial charge in [0.1, 0.15) is 30.0 Å². The molecule has 1 heterocycles. The summed E-state index contributed by atoms with van der Waals surface area (Å²) >= 11 is 0. The summed E-state index contributed by atoms with van der Waals surface area (Å²) in [6.07, 6.45) is 2.39. The van der Waals surface area contributed by atoms with E-state index in [4.69, 9.17) is 9.47 Å². The third-order valence-electron chi connectivity index (χ3n) is 2.91. The predicted octanol–water partition coefficient (Wildman–Crippen LogP) is 1.97. The molecule has 0 bridgehead atoms. The van der Waals surface area contributed by atoms with Gasteiger partial charge in [-0.1, -0.05) is 6.92 Å². The van der Waals surface area contributed by atoms with Crippen LogP contribution in [0.1, 0.15) is 29.5 Å². The summed E-state index contributed by atoms with van der Waals surface area (Å²) in [5.41, 5.74) is 0.0518. The van der Waals surface area contributed by atoms with E-state index in [9.17, 15) is 9.90 Å². The average molecular weight is 291 g/mol. The molecule has 0 spiro atoms. The van der Waals surface area contributed by atoms with Gasteiger partial charge < -0.3 is 14.6 Å². The smallest absolute Gasteiger partial charge is 0.339 e. The fourth-order valence-corrected chi connectivity index (χ4v) is 1.87. The van der Waals surface area contributed by atoms with E-state index in [-0.39, 0.29) is 17.9 Å². The molecule has 1 N–H and O–H groups in total. The maximum Gasteiger partial charge on any atom is 0.339 e. The van der Waals surface area contributed by atoms with Crippen molar-refractivity contribution in [2.75, 3.05) is 7.11 Å². The zero-order valence-corrected chi connectivity index (χ0v) is 11.9. The minimum atomic E-state index is -1.07. The van der Waals surface area contributed by atoms with E-state index < -0.39 is 5.97 Å². The maximum atomic E-state index is 11.3. The van der Waals surface area contributed by atoms with Crippen LogP contribution in [0.2, 0.25) is 0 Å². The Morgan fingerprint density at radius 3 is 2.90 bits per heavy atom. The fraction of sp³-hybridized carbons (Fsp3) is 0.357. The summed E-state index contributed by atoms with van der Waals surface area (Å²) in [6, 6.07) is 4.65. The molecule has 0 aliphatic heterocycles. The molecule has 2 rings (SSSR count). The molecule has 1 aromatic heterocycles. The number of hydrogen-bond donors (Lipinski definition) is 1. The van der Waals surface area contributed by atoms with Crippen LogP contribution in [0.3, 0.4) is 0 Å². The van der Waals surface area contributed by atoms with Gasteiger partial charge in [-0.3, -0.25) is 0 Å². The van der Waals surface area contributed by atoms with Crippen molar-refractivity contribution in [3.05, 3.63) is 35.9 Å². The second-order valence-corrected chi connectivity index (χ2v) is 4.36. The van der Waals surface area contributed by atoms with Crippen LogP contribution >= 0.6 is 0 Å². The van der Waals surface area contributed by atoms with E-state index in [0.29, 0.717) is 11.6 Å². The van der Waals surface area contributed by atoms with Crippen molar-refractivity contribution < 1.29 is 19.4 Å². The van der Waals surface area contributed by atoms with Gasteiger partial charge in [-0.25, -0.2) is 14.5 Å². The molecule has 21 heavy (non-hydrogen) atoms. The van der Waals surface area contributed by atoms with Gasteiger partial charge in [0.15, 0.2) is 5.82 Å². The quantitative estimate of drug-likeness (QED) is 0.839. The monoisotopic (exact) mass is 291 g/mol. The lowest BCUT2D eigenvalue weighted by atomic mass is 10.2. The first-order valence-corrected chi connectivity index (χ1v) is 6.56. The number of nitrogens with zero attached hydrogens (tertiary/aromatic N) is 3. The van der Waals surface area contributed by atoms with Gasteiger partial charge in [0.2, 0.25) is 0 Å². The number of ether oxygens (including phenoxy) is 2. The van der Waals surface area contributed by atoms with E-state index in [2.05, 4.69) is 10.1 Å². The summed E-state index contributed by atoms with van der Waals surface area (Å²) in [4.78, 5) is 15.4. The molecule has 0 fully saturated rings. The normalized spacial score (nSPS) is 10.4. The highest BCUT2D eigenvalue weighted by Crippen LogP contribution is 2.24. The number of rotatable bonds is 7. The van der Waals surface area contributed by atoms with E-state index >= 15 is 0 Å². The third-order valence-corrected chi connectivity index (χ3v) is 2.91. The third kappa shape index (κ3) is 3.50. The van der Waals surface area contributed by atoms with Crippen molar-refractivity contribution in [3.63, 3.8) is 0 Å². The number of methoxy groups -OCH3 is 1. The Bertz CT molecular complexity index is 624. The van der Waals surface area contributed by atoms with Gasteiger partial charge in [-0.2, -0.15) is 5.10 Å². The zero-order valence-electron chi connectivity index (χ0n) is 11.9. The molecule has 0 aliphatic rings. The summed E-state index contributed by atoms with van der Waals surface area (Å²) in [7, 11) is 1.48. The standard InChI is InChI=1S/C14H17N3O4/c1-3-6-17-13(15-9-16-17)8-21-12-5-4-10(20-2)7-11(12)14(18)19/h4-5,7,9H,3,6,8H2,1-2H3,(H,18,19). The Labute approximate surface area is 122 Å². The zero-order chi connectivity index (χ0) is 15.2. The van der Waals surface area contributed by atoms with Crippen LogP contribution in [0.5, 0.6) is 11.5 Å². The first-order valence-electron chi connectivity index (χ1n) is 6.56. The van der Waals surface area contributed by atoms with Crippen LogP contribution in [0.25, 0.3) is 0 Å². The molecule has 0 saturated carbocycles. The largest absolute Gasteiger partial charge is 0.497 e. The molecule has 0 amide bonds. The molecule has 0 unspecified atom stereocenters. The lowest BCUT2D eigenvalue weighted by molar-refractivity contribution is 0.0691. The van der Waals surface area contributed by atoms with Gasteiger partial charge in [0.05, 0.1) is 7.11 Å². The molecule has 0 aliphatic carbocycles. The number of carboxylic acid groups (broad SMARTS) is 1. The highest BCUT2D eigenvalue weighted by molar-refractivity contribution is 5.91. The van der Waals surface area contributed by atoms with Crippen molar-refractivity contribution in [2.45, 2.75) is 26.5 Å². The highest BCUT2D eigenvalue weighted by Gasteiger charge is 2.14. The molecule has 7 nitrogen and oxygen atoms in total. The van der Waals surface area contributed by atoms with Crippen LogP contribution in [0.4, 0.5) is 0 Å². The van der Waals surface area contributed by atoms with Crippen LogP contribution in [-0.2, 0) is 13.2 Å². The first-order chi connectivity index (χ1) is 10.2. The number of hydrogen-bond acceptors (Lipinski definition) is 5. The Morgan fingerprint density at radius 2 is 2.24 bits per heavy atom. The molecular weight excluding hydrogens is 274 g/mol. The van der Waals surface area contributed by atoms with Gasteiger partial charge >= 0.3 is 5.97 Å². The van der Waals surface area contributed by atoms with E-state index in [1.165, 1.54) is 19.5 Å². The van der Waals surface area contributed by atoms with Crippen LogP contribution < -0.4 is 9.47 Å². The number of benzene rings is 1. The Hall–Kier alpha value is -2.57. The summed E-state index contributed by atoms with van der Waals surface area (Å²) in [6.45, 7) is 2.94. The van der Waals surface area contributed by atoms with Crippen LogP contribution in [0.15, 0.2) is 24.5 Å². The maximum absolute atomic E-state index is 11.3. The van der Waals surface area contributed by atoms with E-state index in [1.807, 2.05) is 6.92 Å². The minimum Gasteiger partial charge on any atom is -0.497 e. The molecule has 1 aromatic carbocycles. The predicted molar refractivity (Wildman–Crippen MR) is 74.6 cm³/mol. The van der Waals surface area contributed by atoms with Crippen LogP contribution in [0, 0.1) is 0 Å². The van der Waals surface area contributed by atoms with Crippen molar-refractivity contribution in [1.29, 1.82) is 0 Å². The second-order valence-electron chi connectivity index (χ2n) is 4.36. The van der Waals surface area contributed by atoms with E-state index in [1.54, 1.807) is 16.8 Å². The number of aromatic nitrogens is 3. The first kappa shape index (κ1) is 14.8. The fourth-order valence-electron chi connectivity index (χ4n) is 1.87. The second kappa shape index (κ2) is 6.74. The summed E-state index contributed by atoms with van der Waals surface area (Å²) in [5, 5.41) is 13.3. The lowest BCUT2D eigenvalue weighted by Crippen LogP contribution is -2.10. The Morgan fingerprint density at radius 1 is 1.43 bits per heavy atom. The molecule has 112 valence electrons. The summed E-state index contributed by atoms with van der Waals surface area (Å²) in [5.74, 6) is 0.325. The summed E-state index contributed by atoms with van der Waals surface area (Å²) < 4.78 is 12.3. The molecular formula is C14H17N3O4. The number of aromatic carboxylic acids is 1. The number of aryl methyl sites for hydroxylation is 1. The van der Waals surface area contributed by atoms with E-state index in [0.717, 1.165) is 13.0 Å². The SMILES string of the molecule is CCCn1ncnc1COc1ccc(OC)cc1C(=O)O. The molecule has 0 radical (unpaired) electrons. The van der Waals surface area contributed by atoms with Crippen molar-refractivity contribution in [3.8, 4) is 11.5 Å². The minimum absolute atomic E-state index is 0.0518.